The number of hydrogen-bond donors (Lipinski definition) is 2. The van der Waals surface area contributed by atoms with E-state index in [0.717, 1.165) is 12.8 Å². The van der Waals surface area contributed by atoms with Gasteiger partial charge in [-0.25, -0.2) is 0 Å². The standard InChI is InChI=1S/C11H14F6N2O/c12-10(13,14)8(11(15,16)17)9(20)19-7-3-5-1-2-6(4-7)18-5/h5-8,18H,1-4H2,(H,19,20). The second-order valence-electron chi connectivity index (χ2n) is 5.33. The van der Waals surface area contributed by atoms with Gasteiger partial charge in [0.1, 0.15) is 0 Å². The largest absolute Gasteiger partial charge is 0.409 e. The van der Waals surface area contributed by atoms with Gasteiger partial charge in [-0.05, 0) is 25.7 Å². The lowest BCUT2D eigenvalue weighted by Gasteiger charge is -2.31. The molecule has 2 atom stereocenters. The van der Waals surface area contributed by atoms with Crippen LogP contribution in [0, 0.1) is 5.92 Å². The highest BCUT2D eigenvalue weighted by Crippen LogP contribution is 2.39. The van der Waals surface area contributed by atoms with Crippen molar-refractivity contribution < 1.29 is 31.1 Å². The highest BCUT2D eigenvalue weighted by Gasteiger charge is 2.61. The maximum Gasteiger partial charge on any atom is 0.409 e. The molecule has 2 unspecified atom stereocenters. The van der Waals surface area contributed by atoms with Gasteiger partial charge in [-0.1, -0.05) is 0 Å². The zero-order valence-electron chi connectivity index (χ0n) is 10.3. The molecule has 2 saturated heterocycles. The fourth-order valence-corrected chi connectivity index (χ4v) is 2.94. The first-order valence-electron chi connectivity index (χ1n) is 6.27. The average molecular weight is 304 g/mol. The average Bonchev–Trinajstić information content (AvgIpc) is 2.53. The summed E-state index contributed by atoms with van der Waals surface area (Å²) in [6.07, 6.45) is -8.87. The lowest BCUT2D eigenvalue weighted by Crippen LogP contribution is -2.54. The fraction of sp³-hybridized carbons (Fsp3) is 0.909. The molecule has 116 valence electrons. The topological polar surface area (TPSA) is 41.1 Å². The molecule has 2 N–H and O–H groups in total. The number of alkyl halides is 6. The summed E-state index contributed by atoms with van der Waals surface area (Å²) in [7, 11) is 0. The number of hydrogen-bond acceptors (Lipinski definition) is 2. The molecule has 2 aliphatic rings. The van der Waals surface area contributed by atoms with E-state index in [4.69, 9.17) is 0 Å². The van der Waals surface area contributed by atoms with Gasteiger partial charge in [-0.15, -0.1) is 0 Å². The van der Waals surface area contributed by atoms with Crippen LogP contribution >= 0.6 is 0 Å². The van der Waals surface area contributed by atoms with Crippen LogP contribution in [0.4, 0.5) is 26.3 Å². The van der Waals surface area contributed by atoms with Gasteiger partial charge in [0.15, 0.2) is 0 Å². The van der Waals surface area contributed by atoms with E-state index < -0.39 is 30.2 Å². The predicted octanol–water partition coefficient (Wildman–Crippen LogP) is 2.13. The molecular weight excluding hydrogens is 290 g/mol. The summed E-state index contributed by atoms with van der Waals surface area (Å²) in [5, 5.41) is 5.10. The Labute approximate surface area is 111 Å². The first-order chi connectivity index (χ1) is 9.07. The number of carbonyl (C=O) groups excluding carboxylic acids is 1. The molecule has 0 saturated carbocycles. The van der Waals surface area contributed by atoms with Crippen molar-refractivity contribution in [3.05, 3.63) is 0 Å². The minimum atomic E-state index is -5.63. The van der Waals surface area contributed by atoms with E-state index in [1.54, 1.807) is 0 Å². The highest BCUT2D eigenvalue weighted by atomic mass is 19.4. The van der Waals surface area contributed by atoms with Crippen LogP contribution in [0.2, 0.25) is 0 Å². The van der Waals surface area contributed by atoms with Crippen molar-refractivity contribution in [2.75, 3.05) is 0 Å². The molecule has 2 fully saturated rings. The smallest absolute Gasteiger partial charge is 0.352 e. The number of nitrogens with one attached hydrogen (secondary N) is 2. The van der Waals surface area contributed by atoms with Crippen molar-refractivity contribution in [3.63, 3.8) is 0 Å². The van der Waals surface area contributed by atoms with Crippen LogP contribution in [-0.4, -0.2) is 36.4 Å². The Hall–Kier alpha value is -0.990. The van der Waals surface area contributed by atoms with Gasteiger partial charge in [0, 0.05) is 18.1 Å². The van der Waals surface area contributed by atoms with E-state index in [2.05, 4.69) is 5.32 Å². The summed E-state index contributed by atoms with van der Waals surface area (Å²) in [5.74, 6) is -5.96. The Kier molecular flexibility index (Phi) is 3.92. The number of piperidine rings is 1. The first kappa shape index (κ1) is 15.4. The lowest BCUT2D eigenvalue weighted by atomic mass is 9.98. The monoisotopic (exact) mass is 304 g/mol. The van der Waals surface area contributed by atoms with E-state index in [9.17, 15) is 31.1 Å². The van der Waals surface area contributed by atoms with Crippen LogP contribution in [0.1, 0.15) is 25.7 Å². The van der Waals surface area contributed by atoms with Crippen LogP contribution < -0.4 is 10.6 Å². The van der Waals surface area contributed by atoms with Gasteiger partial charge in [-0.2, -0.15) is 26.3 Å². The molecule has 0 aromatic carbocycles. The minimum Gasteiger partial charge on any atom is -0.352 e. The van der Waals surface area contributed by atoms with Crippen molar-refractivity contribution in [1.82, 2.24) is 10.6 Å². The van der Waals surface area contributed by atoms with Gasteiger partial charge < -0.3 is 10.6 Å². The number of fused-ring (bicyclic) bond motifs is 2. The molecule has 0 radical (unpaired) electrons. The van der Waals surface area contributed by atoms with Crippen molar-refractivity contribution in [2.45, 2.75) is 56.2 Å². The third-order valence-electron chi connectivity index (χ3n) is 3.74. The zero-order chi connectivity index (χ0) is 15.1. The van der Waals surface area contributed by atoms with Gasteiger partial charge in [-0.3, -0.25) is 4.79 Å². The molecular formula is C11H14F6N2O. The second kappa shape index (κ2) is 5.09. The molecule has 1 amide bonds. The van der Waals surface area contributed by atoms with Crippen molar-refractivity contribution in [1.29, 1.82) is 0 Å². The summed E-state index contributed by atoms with van der Waals surface area (Å²) in [6, 6.07) is -0.503. The third kappa shape index (κ3) is 3.36. The van der Waals surface area contributed by atoms with Crippen molar-refractivity contribution >= 4 is 5.91 Å². The first-order valence-corrected chi connectivity index (χ1v) is 6.27. The molecule has 2 rings (SSSR count). The van der Waals surface area contributed by atoms with E-state index in [1.807, 2.05) is 5.32 Å². The van der Waals surface area contributed by atoms with Gasteiger partial charge >= 0.3 is 12.4 Å². The van der Waals surface area contributed by atoms with Crippen molar-refractivity contribution in [3.8, 4) is 0 Å². The normalized spacial score (nSPS) is 30.6. The minimum absolute atomic E-state index is 0.0641. The number of carbonyl (C=O) groups is 1. The van der Waals surface area contributed by atoms with E-state index in [0.29, 0.717) is 12.8 Å². The summed E-state index contributed by atoms with van der Waals surface area (Å²) in [5.41, 5.74) is 0. The van der Waals surface area contributed by atoms with Crippen LogP contribution in [0.5, 0.6) is 0 Å². The molecule has 0 aliphatic carbocycles. The van der Waals surface area contributed by atoms with Crippen LogP contribution in [0.15, 0.2) is 0 Å². The lowest BCUT2D eigenvalue weighted by molar-refractivity contribution is -0.274. The van der Waals surface area contributed by atoms with Crippen LogP contribution in [0.25, 0.3) is 0 Å². The quantitative estimate of drug-likeness (QED) is 0.767. The molecule has 20 heavy (non-hydrogen) atoms. The Morgan fingerprint density at radius 2 is 1.45 bits per heavy atom. The van der Waals surface area contributed by atoms with Gasteiger partial charge in [0.05, 0.1) is 0 Å². The van der Waals surface area contributed by atoms with Crippen LogP contribution in [0.3, 0.4) is 0 Å². The maximum absolute atomic E-state index is 12.4. The summed E-state index contributed by atoms with van der Waals surface area (Å²) < 4.78 is 74.4. The molecule has 9 heteroatoms. The van der Waals surface area contributed by atoms with Crippen molar-refractivity contribution in [2.24, 2.45) is 5.92 Å². The number of halogens is 6. The number of amides is 1. The Morgan fingerprint density at radius 1 is 1.00 bits per heavy atom. The maximum atomic E-state index is 12.4. The highest BCUT2D eigenvalue weighted by molar-refractivity contribution is 5.80. The van der Waals surface area contributed by atoms with E-state index in [1.165, 1.54) is 0 Å². The number of rotatable bonds is 2. The molecule has 0 aromatic rings. The third-order valence-corrected chi connectivity index (χ3v) is 3.74. The molecule has 0 spiro atoms. The SMILES string of the molecule is O=C(NC1CC2CCC(C1)N2)C(C(F)(F)F)C(F)(F)F. The predicted molar refractivity (Wildman–Crippen MR) is 56.7 cm³/mol. The molecule has 2 bridgehead atoms. The Balaban J connectivity index is 2.02. The zero-order valence-corrected chi connectivity index (χ0v) is 10.3. The summed E-state index contributed by atoms with van der Waals surface area (Å²) in [4.78, 5) is 11.4. The molecule has 3 nitrogen and oxygen atoms in total. The summed E-state index contributed by atoms with van der Waals surface area (Å²) >= 11 is 0. The van der Waals surface area contributed by atoms with Crippen LogP contribution in [-0.2, 0) is 4.79 Å². The molecule has 0 aromatic heterocycles. The van der Waals surface area contributed by atoms with E-state index >= 15 is 0 Å². The molecule has 2 aliphatic heterocycles. The Bertz CT molecular complexity index is 354. The summed E-state index contributed by atoms with van der Waals surface area (Å²) in [6.45, 7) is 0. The Morgan fingerprint density at radius 3 is 1.85 bits per heavy atom. The van der Waals surface area contributed by atoms with Gasteiger partial charge in [0.25, 0.3) is 0 Å². The van der Waals surface area contributed by atoms with Gasteiger partial charge in [0.2, 0.25) is 11.8 Å². The van der Waals surface area contributed by atoms with E-state index in [-0.39, 0.29) is 12.1 Å². The fourth-order valence-electron chi connectivity index (χ4n) is 2.94. The molecule has 2 heterocycles. The second-order valence-corrected chi connectivity index (χ2v) is 5.33.